The van der Waals surface area contributed by atoms with Crippen molar-refractivity contribution in [1.29, 1.82) is 0 Å². The van der Waals surface area contributed by atoms with E-state index in [4.69, 9.17) is 33.5 Å². The van der Waals surface area contributed by atoms with Gasteiger partial charge < -0.3 is 54.0 Å². The lowest BCUT2D eigenvalue weighted by molar-refractivity contribution is -0.135. The highest BCUT2D eigenvalue weighted by Crippen LogP contribution is 2.41. The predicted molar refractivity (Wildman–Crippen MR) is 321 cm³/mol. The normalized spacial score (nSPS) is 20.0. The molecule has 4 aliphatic rings. The predicted octanol–water partition coefficient (Wildman–Crippen LogP) is 11.0. The number of aliphatic hydroxyl groups is 1. The van der Waals surface area contributed by atoms with Gasteiger partial charge in [-0.25, -0.2) is 60.9 Å². The minimum absolute atomic E-state index is 0.0390. The number of alkyl halides is 4. The Morgan fingerprint density at radius 3 is 1.56 bits per heavy atom. The smallest absolute Gasteiger partial charge is 0.296 e. The van der Waals surface area contributed by atoms with Crippen LogP contribution in [0.5, 0.6) is 34.5 Å². The molecule has 0 amide bonds. The van der Waals surface area contributed by atoms with Gasteiger partial charge in [0.2, 0.25) is 0 Å². The van der Waals surface area contributed by atoms with E-state index in [0.717, 1.165) is 60.9 Å². The molecule has 0 saturated carbocycles. The van der Waals surface area contributed by atoms with Crippen molar-refractivity contribution in [3.05, 3.63) is 145 Å². The van der Waals surface area contributed by atoms with Crippen molar-refractivity contribution in [2.75, 3.05) is 77.3 Å². The van der Waals surface area contributed by atoms with Crippen LogP contribution in [0.3, 0.4) is 0 Å². The van der Waals surface area contributed by atoms with Crippen LogP contribution in [0.1, 0.15) is 42.4 Å². The van der Waals surface area contributed by atoms with E-state index in [1.165, 1.54) is 31.4 Å². The number of aryl methyl sites for hydroxylation is 2. The van der Waals surface area contributed by atoms with Crippen molar-refractivity contribution in [3.63, 3.8) is 0 Å². The molecule has 0 radical (unpaired) electrons. The Balaban J connectivity index is 0.000000159. The number of nitrogens with one attached hydrogen (secondary N) is 2. The minimum atomic E-state index is -3.10. The van der Waals surface area contributed by atoms with E-state index >= 15 is 8.78 Å². The topological polar surface area (TPSA) is 218 Å². The molecular weight excluding hydrogens is 1160 g/mol. The van der Waals surface area contributed by atoms with Crippen molar-refractivity contribution < 1.29 is 55.5 Å². The molecule has 0 spiro atoms. The first-order valence-electron chi connectivity index (χ1n) is 29.2. The first-order chi connectivity index (χ1) is 42.9. The van der Waals surface area contributed by atoms with Crippen LogP contribution in [0.15, 0.2) is 123 Å². The molecule has 0 bridgehead atoms. The molecule has 14 rings (SSSR count). The second-order valence-corrected chi connectivity index (χ2v) is 22.7. The van der Waals surface area contributed by atoms with Crippen molar-refractivity contribution in [3.8, 4) is 34.5 Å². The van der Waals surface area contributed by atoms with Crippen LogP contribution in [-0.4, -0.2) is 161 Å². The number of hydrogen-bond acceptors (Lipinski definition) is 19. The highest BCUT2D eigenvalue weighted by molar-refractivity contribution is 5.97. The number of ether oxygens (including phenoxy) is 6. The van der Waals surface area contributed by atoms with Crippen LogP contribution >= 0.6 is 0 Å². The average molecular weight is 1230 g/mol. The summed E-state index contributed by atoms with van der Waals surface area (Å²) in [5, 5.41) is 24.2. The number of aromatic nitrogens is 10. The summed E-state index contributed by atoms with van der Waals surface area (Å²) >= 11 is 0. The maximum Gasteiger partial charge on any atom is 0.296 e. The van der Waals surface area contributed by atoms with Crippen molar-refractivity contribution in [1.82, 2.24) is 58.9 Å². The summed E-state index contributed by atoms with van der Waals surface area (Å²) in [6.45, 7) is 6.72. The molecule has 10 aromatic rings. The second-order valence-electron chi connectivity index (χ2n) is 22.7. The molecule has 3 N–H and O–H groups in total. The fourth-order valence-electron chi connectivity index (χ4n) is 11.1. The zero-order chi connectivity index (χ0) is 61.8. The monoisotopic (exact) mass is 1220 g/mol. The maximum atomic E-state index is 15.1. The molecule has 6 aromatic heterocycles. The molecule has 26 heteroatoms. The van der Waals surface area contributed by atoms with Gasteiger partial charge in [-0.2, -0.15) is 10.2 Å². The largest absolute Gasteiger partial charge is 0.483 e. The van der Waals surface area contributed by atoms with Crippen molar-refractivity contribution >= 4 is 56.1 Å². The molecule has 4 aliphatic heterocycles. The molecule has 89 heavy (non-hydrogen) atoms. The van der Waals surface area contributed by atoms with Gasteiger partial charge in [0.05, 0.1) is 47.6 Å². The SMILES string of the molecule is Cc1cc(Nc2ncnc3cc(CC4CCOC4)cc(OC4CCN(C)CC4(F)F)c23)ccc1Oc1ccn2ncnc2c1.Cc1cc(Nc2ncnc3cc(F)cc(OC4CCN(C)CC4(F)F)c23)ccc1Oc1ccn2ncnc2c1.OC1CCOC1. The summed E-state index contributed by atoms with van der Waals surface area (Å²) < 4.78 is 112. The summed E-state index contributed by atoms with van der Waals surface area (Å²) in [5.41, 5.74) is 6.32. The minimum Gasteiger partial charge on any atom is -0.483 e. The lowest BCUT2D eigenvalue weighted by atomic mass is 9.97. The quantitative estimate of drug-likeness (QED) is 0.0862. The molecule has 4 atom stereocenters. The van der Waals surface area contributed by atoms with Gasteiger partial charge in [-0.3, -0.25) is 0 Å². The maximum absolute atomic E-state index is 15.1. The molecule has 21 nitrogen and oxygen atoms in total. The number of pyridine rings is 2. The van der Waals surface area contributed by atoms with Crippen LogP contribution < -0.4 is 29.6 Å². The van der Waals surface area contributed by atoms with E-state index in [2.05, 4.69) is 50.7 Å². The molecule has 4 unspecified atom stereocenters. The Morgan fingerprint density at radius 1 is 0.573 bits per heavy atom. The van der Waals surface area contributed by atoms with Gasteiger partial charge >= 0.3 is 0 Å². The number of likely N-dealkylation sites (tertiary alicyclic amines) is 2. The summed E-state index contributed by atoms with van der Waals surface area (Å²) in [7, 11) is 3.33. The number of halogens is 5. The van der Waals surface area contributed by atoms with Crippen molar-refractivity contribution in [2.24, 2.45) is 5.92 Å². The van der Waals surface area contributed by atoms with E-state index in [0.29, 0.717) is 106 Å². The van der Waals surface area contributed by atoms with E-state index < -0.39 is 36.4 Å². The van der Waals surface area contributed by atoms with Gasteiger partial charge in [-0.05, 0) is 130 Å². The first kappa shape index (κ1) is 60.3. The summed E-state index contributed by atoms with van der Waals surface area (Å²) in [4.78, 5) is 29.0. The summed E-state index contributed by atoms with van der Waals surface area (Å²) in [6, 6.07) is 24.5. The molecule has 4 aromatic carbocycles. The zero-order valence-corrected chi connectivity index (χ0v) is 49.2. The lowest BCUT2D eigenvalue weighted by Gasteiger charge is -2.36. The van der Waals surface area contributed by atoms with Crippen molar-refractivity contribution in [2.45, 2.75) is 76.1 Å². The van der Waals surface area contributed by atoms with Gasteiger partial charge in [-0.15, -0.1) is 0 Å². The van der Waals surface area contributed by atoms with E-state index in [1.807, 2.05) is 62.4 Å². The first-order valence-corrected chi connectivity index (χ1v) is 29.2. The second kappa shape index (κ2) is 26.0. The highest BCUT2D eigenvalue weighted by Gasteiger charge is 2.47. The van der Waals surface area contributed by atoms with Gasteiger partial charge in [0.1, 0.15) is 77.3 Å². The summed E-state index contributed by atoms with van der Waals surface area (Å²) in [5.74, 6) is -2.71. The number of hydrogen-bond donors (Lipinski definition) is 3. The number of rotatable bonds is 14. The molecule has 464 valence electrons. The highest BCUT2D eigenvalue weighted by atomic mass is 19.3. The Kier molecular flexibility index (Phi) is 17.6. The van der Waals surface area contributed by atoms with Gasteiger partial charge in [-0.1, -0.05) is 0 Å². The van der Waals surface area contributed by atoms with E-state index in [-0.39, 0.29) is 36.8 Å². The fourth-order valence-corrected chi connectivity index (χ4v) is 11.1. The lowest BCUT2D eigenvalue weighted by Crippen LogP contribution is -2.52. The number of benzene rings is 4. The molecule has 0 aliphatic carbocycles. The molecular formula is C63H65F5N14O7. The standard InChI is InChI=1S/C32H33F2N7O3.C27H24F3N7O2.C4H8O2/c1-20-11-23(3-4-26(20)43-24-5-9-41-29(15-24)36-19-38-41)39-31-30-25(35-18-37-31)13-22(12-21-7-10-42-16-21)14-27(30)44-28-6-8-40(2)17-32(28,33)34;1-16-9-18(3-4-21(16)38-19-5-8-37-24(12-19)32-15-34-37)35-26-25-20(31-14-33-26)10-17(28)11-22(25)39-23-6-7-36(2)13-27(23,29)30;5-4-1-2-6-3-4/h3-5,9,11,13-15,18-19,21,28H,6-8,10,12,16-17H2,1-2H3,(H,35,37,39);3-5,8-12,14-15,23H,6-7,13H2,1-2H3,(H,31,33,35);4-5H,1-3H2. The summed E-state index contributed by atoms with van der Waals surface area (Å²) in [6.07, 6.45) is 9.28. The van der Waals surface area contributed by atoms with E-state index in [9.17, 15) is 13.2 Å². The third-order valence-electron chi connectivity index (χ3n) is 15.7. The Bertz CT molecular complexity index is 4130. The van der Waals surface area contributed by atoms with Crippen LogP contribution in [-0.2, 0) is 15.9 Å². The molecule has 10 heterocycles. The third kappa shape index (κ3) is 14.3. The number of fused-ring (bicyclic) bond motifs is 4. The molecule has 4 fully saturated rings. The number of aliphatic hydroxyl groups excluding tert-OH is 1. The Morgan fingerprint density at radius 2 is 1.09 bits per heavy atom. The van der Waals surface area contributed by atoms with Crippen LogP contribution in [0.25, 0.3) is 33.1 Å². The van der Waals surface area contributed by atoms with Crippen LogP contribution in [0.4, 0.5) is 45.0 Å². The third-order valence-corrected chi connectivity index (χ3v) is 15.7. The van der Waals surface area contributed by atoms with Gasteiger partial charge in [0.25, 0.3) is 11.8 Å². The average Bonchev–Trinajstić information content (AvgIpc) is 2.60. The van der Waals surface area contributed by atoms with Gasteiger partial charge in [0.15, 0.2) is 23.5 Å². The van der Waals surface area contributed by atoms with Gasteiger partial charge in [0, 0.05) is 93.8 Å². The fraction of sp³-hybridized carbons (Fsp3) is 0.365. The number of piperidine rings is 2. The molecule has 4 saturated heterocycles. The number of anilines is 4. The Labute approximate surface area is 507 Å². The van der Waals surface area contributed by atoms with Crippen LogP contribution in [0, 0.1) is 25.6 Å². The zero-order valence-electron chi connectivity index (χ0n) is 49.2. The van der Waals surface area contributed by atoms with E-state index in [1.54, 1.807) is 69.6 Å². The number of nitrogens with zero attached hydrogens (tertiary/aromatic N) is 12. The van der Waals surface area contributed by atoms with Crippen LogP contribution in [0.2, 0.25) is 0 Å². The Hall–Kier alpha value is -8.95.